The minimum atomic E-state index is -0.274. The van der Waals surface area contributed by atoms with Gasteiger partial charge in [0.25, 0.3) is 0 Å². The molecule has 21 heavy (non-hydrogen) atoms. The fourth-order valence-corrected chi connectivity index (χ4v) is 2.06. The van der Waals surface area contributed by atoms with E-state index in [9.17, 15) is 9.18 Å². The molecule has 0 spiro atoms. The number of halogens is 1. The second-order valence-electron chi connectivity index (χ2n) is 5.06. The molecule has 0 saturated heterocycles. The van der Waals surface area contributed by atoms with Crippen LogP contribution in [0.3, 0.4) is 0 Å². The van der Waals surface area contributed by atoms with Crippen molar-refractivity contribution in [3.05, 3.63) is 71.5 Å². The van der Waals surface area contributed by atoms with Gasteiger partial charge >= 0.3 is 6.03 Å². The smallest absolute Gasteiger partial charge is 0.317 e. The molecule has 0 fully saturated rings. The Morgan fingerprint density at radius 3 is 2.38 bits per heavy atom. The Kier molecular flexibility index (Phi) is 4.93. The van der Waals surface area contributed by atoms with E-state index in [1.807, 2.05) is 37.3 Å². The van der Waals surface area contributed by atoms with E-state index in [-0.39, 0.29) is 17.9 Å². The number of amides is 2. The SMILES string of the molecule is CC(NC(=O)N(C)Cc1ccc(F)cc1)c1ccccc1. The molecule has 2 amide bonds. The topological polar surface area (TPSA) is 32.3 Å². The molecule has 1 N–H and O–H groups in total. The number of benzene rings is 2. The maximum atomic E-state index is 12.8. The van der Waals surface area contributed by atoms with Crippen LogP contribution in [-0.2, 0) is 6.54 Å². The lowest BCUT2D eigenvalue weighted by Crippen LogP contribution is -2.38. The first-order valence-corrected chi connectivity index (χ1v) is 6.87. The van der Waals surface area contributed by atoms with E-state index in [4.69, 9.17) is 0 Å². The number of hydrogen-bond acceptors (Lipinski definition) is 1. The summed E-state index contributed by atoms with van der Waals surface area (Å²) < 4.78 is 12.8. The molecular formula is C17H19FN2O. The van der Waals surface area contributed by atoms with Crippen molar-refractivity contribution in [2.24, 2.45) is 0 Å². The molecule has 0 aromatic heterocycles. The summed E-state index contributed by atoms with van der Waals surface area (Å²) in [5.74, 6) is -0.274. The summed E-state index contributed by atoms with van der Waals surface area (Å²) in [6, 6.07) is 15.7. The van der Waals surface area contributed by atoms with Crippen LogP contribution < -0.4 is 5.32 Å². The second kappa shape index (κ2) is 6.88. The van der Waals surface area contributed by atoms with Gasteiger partial charge in [-0.25, -0.2) is 9.18 Å². The van der Waals surface area contributed by atoms with Crippen LogP contribution in [0.2, 0.25) is 0 Å². The van der Waals surface area contributed by atoms with Crippen LogP contribution >= 0.6 is 0 Å². The number of nitrogens with one attached hydrogen (secondary N) is 1. The van der Waals surface area contributed by atoms with Gasteiger partial charge in [0.15, 0.2) is 0 Å². The third-order valence-corrected chi connectivity index (χ3v) is 3.32. The molecule has 0 heterocycles. The highest BCUT2D eigenvalue weighted by Crippen LogP contribution is 2.12. The quantitative estimate of drug-likeness (QED) is 0.912. The number of carbonyl (C=O) groups is 1. The van der Waals surface area contributed by atoms with Crippen molar-refractivity contribution in [3.63, 3.8) is 0 Å². The van der Waals surface area contributed by atoms with Gasteiger partial charge in [0.2, 0.25) is 0 Å². The van der Waals surface area contributed by atoms with Crippen LogP contribution in [0.15, 0.2) is 54.6 Å². The lowest BCUT2D eigenvalue weighted by molar-refractivity contribution is 0.203. The lowest BCUT2D eigenvalue weighted by atomic mass is 10.1. The monoisotopic (exact) mass is 286 g/mol. The number of urea groups is 1. The van der Waals surface area contributed by atoms with Crippen LogP contribution in [0.1, 0.15) is 24.1 Å². The van der Waals surface area contributed by atoms with Crippen molar-refractivity contribution in [1.82, 2.24) is 10.2 Å². The molecule has 2 rings (SSSR count). The summed E-state index contributed by atoms with van der Waals surface area (Å²) in [5.41, 5.74) is 1.95. The van der Waals surface area contributed by atoms with Crippen LogP contribution in [0.5, 0.6) is 0 Å². The molecule has 0 bridgehead atoms. The van der Waals surface area contributed by atoms with E-state index in [1.165, 1.54) is 12.1 Å². The van der Waals surface area contributed by atoms with Crippen LogP contribution in [-0.4, -0.2) is 18.0 Å². The molecule has 0 aliphatic carbocycles. The highest BCUT2D eigenvalue weighted by molar-refractivity contribution is 5.74. The Morgan fingerprint density at radius 1 is 1.14 bits per heavy atom. The Bertz CT molecular complexity index is 583. The first kappa shape index (κ1) is 15.0. The maximum absolute atomic E-state index is 12.8. The van der Waals surface area contributed by atoms with Gasteiger partial charge in [-0.05, 0) is 30.2 Å². The van der Waals surface area contributed by atoms with Crippen LogP contribution in [0, 0.1) is 5.82 Å². The summed E-state index contributed by atoms with van der Waals surface area (Å²) in [4.78, 5) is 13.7. The van der Waals surface area contributed by atoms with Crippen molar-refractivity contribution in [2.45, 2.75) is 19.5 Å². The zero-order valence-electron chi connectivity index (χ0n) is 12.2. The van der Waals surface area contributed by atoms with Crippen LogP contribution in [0.4, 0.5) is 9.18 Å². The molecule has 0 saturated carbocycles. The Balaban J connectivity index is 1.92. The molecule has 0 aliphatic heterocycles. The van der Waals surface area contributed by atoms with Gasteiger partial charge in [0.1, 0.15) is 5.82 Å². The van der Waals surface area contributed by atoms with Gasteiger partial charge in [-0.15, -0.1) is 0 Å². The summed E-state index contributed by atoms with van der Waals surface area (Å²) in [7, 11) is 1.72. The predicted octanol–water partition coefficient (Wildman–Crippen LogP) is 3.73. The van der Waals surface area contributed by atoms with Crippen molar-refractivity contribution >= 4 is 6.03 Å². The van der Waals surface area contributed by atoms with Gasteiger partial charge in [-0.2, -0.15) is 0 Å². The minimum Gasteiger partial charge on any atom is -0.331 e. The highest BCUT2D eigenvalue weighted by atomic mass is 19.1. The molecule has 110 valence electrons. The van der Waals surface area contributed by atoms with E-state index in [2.05, 4.69) is 5.32 Å². The molecule has 0 radical (unpaired) electrons. The molecule has 0 aliphatic rings. The predicted molar refractivity (Wildman–Crippen MR) is 81.3 cm³/mol. The Labute approximate surface area is 124 Å². The fourth-order valence-electron chi connectivity index (χ4n) is 2.06. The largest absolute Gasteiger partial charge is 0.331 e. The average Bonchev–Trinajstić information content (AvgIpc) is 2.50. The molecule has 2 aromatic carbocycles. The third kappa shape index (κ3) is 4.31. The number of nitrogens with zero attached hydrogens (tertiary/aromatic N) is 1. The highest BCUT2D eigenvalue weighted by Gasteiger charge is 2.13. The average molecular weight is 286 g/mol. The van der Waals surface area contributed by atoms with Crippen LogP contribution in [0.25, 0.3) is 0 Å². The lowest BCUT2D eigenvalue weighted by Gasteiger charge is -2.21. The van der Waals surface area contributed by atoms with Gasteiger partial charge < -0.3 is 10.2 Å². The second-order valence-corrected chi connectivity index (χ2v) is 5.06. The van der Waals surface area contributed by atoms with E-state index in [0.717, 1.165) is 11.1 Å². The first-order chi connectivity index (χ1) is 10.1. The summed E-state index contributed by atoms with van der Waals surface area (Å²) >= 11 is 0. The Hall–Kier alpha value is -2.36. The normalized spacial score (nSPS) is 11.8. The van der Waals surface area contributed by atoms with Gasteiger partial charge in [-0.1, -0.05) is 42.5 Å². The Morgan fingerprint density at radius 2 is 1.76 bits per heavy atom. The zero-order valence-corrected chi connectivity index (χ0v) is 12.2. The number of rotatable bonds is 4. The summed E-state index contributed by atoms with van der Waals surface area (Å²) in [6.07, 6.45) is 0. The molecule has 1 unspecified atom stereocenters. The number of hydrogen-bond donors (Lipinski definition) is 1. The fraction of sp³-hybridized carbons (Fsp3) is 0.235. The first-order valence-electron chi connectivity index (χ1n) is 6.87. The zero-order chi connectivity index (χ0) is 15.2. The standard InChI is InChI=1S/C17H19FN2O/c1-13(15-6-4-3-5-7-15)19-17(21)20(2)12-14-8-10-16(18)11-9-14/h3-11,13H,12H2,1-2H3,(H,19,21). The van der Waals surface area contributed by atoms with Gasteiger partial charge in [0.05, 0.1) is 6.04 Å². The molecule has 2 aromatic rings. The van der Waals surface area contributed by atoms with Gasteiger partial charge in [0, 0.05) is 13.6 Å². The van der Waals surface area contributed by atoms with E-state index in [0.29, 0.717) is 6.54 Å². The molecule has 3 nitrogen and oxygen atoms in total. The molecular weight excluding hydrogens is 267 g/mol. The van der Waals surface area contributed by atoms with E-state index < -0.39 is 0 Å². The van der Waals surface area contributed by atoms with Crippen molar-refractivity contribution in [3.8, 4) is 0 Å². The summed E-state index contributed by atoms with van der Waals surface area (Å²) in [5, 5.41) is 2.94. The summed E-state index contributed by atoms with van der Waals surface area (Å²) in [6.45, 7) is 2.38. The maximum Gasteiger partial charge on any atom is 0.317 e. The van der Waals surface area contributed by atoms with Gasteiger partial charge in [-0.3, -0.25) is 0 Å². The van der Waals surface area contributed by atoms with E-state index >= 15 is 0 Å². The third-order valence-electron chi connectivity index (χ3n) is 3.32. The minimum absolute atomic E-state index is 0.0608. The number of carbonyl (C=O) groups excluding carboxylic acids is 1. The van der Waals surface area contributed by atoms with Crippen molar-refractivity contribution in [2.75, 3.05) is 7.05 Å². The van der Waals surface area contributed by atoms with Crippen molar-refractivity contribution in [1.29, 1.82) is 0 Å². The van der Waals surface area contributed by atoms with E-state index in [1.54, 1.807) is 24.1 Å². The molecule has 4 heteroatoms. The van der Waals surface area contributed by atoms with Crippen molar-refractivity contribution < 1.29 is 9.18 Å². The molecule has 1 atom stereocenters.